The fraction of sp³-hybridized carbons (Fsp3) is 0.688. The van der Waals surface area contributed by atoms with Crippen LogP contribution in [0.3, 0.4) is 0 Å². The van der Waals surface area contributed by atoms with E-state index in [1.807, 2.05) is 90.7 Å². The van der Waals surface area contributed by atoms with Crippen LogP contribution in [0, 0.1) is 23.7 Å². The average Bonchev–Trinajstić information content (AvgIpc) is 3.52. The molecule has 448 valence electrons. The van der Waals surface area contributed by atoms with Crippen molar-refractivity contribution in [1.29, 1.82) is 0 Å². The summed E-state index contributed by atoms with van der Waals surface area (Å²) in [7, 11) is 5.12. The van der Waals surface area contributed by atoms with Crippen LogP contribution in [0.1, 0.15) is 121 Å². The summed E-state index contributed by atoms with van der Waals surface area (Å²) >= 11 is 0. The predicted octanol–water partition coefficient (Wildman–Crippen LogP) is 6.56. The van der Waals surface area contributed by atoms with Gasteiger partial charge in [-0.25, -0.2) is 0 Å². The highest BCUT2D eigenvalue weighted by Gasteiger charge is 2.55. The van der Waals surface area contributed by atoms with E-state index in [0.717, 1.165) is 12.6 Å². The minimum absolute atomic E-state index is 0.0811. The van der Waals surface area contributed by atoms with Crippen molar-refractivity contribution in [3.8, 4) is 0 Å². The molecule has 3 aromatic carbocycles. The van der Waals surface area contributed by atoms with Crippen molar-refractivity contribution in [1.82, 2.24) is 14.7 Å². The van der Waals surface area contributed by atoms with Crippen molar-refractivity contribution in [2.75, 3.05) is 54.0 Å². The van der Waals surface area contributed by atoms with E-state index in [2.05, 4.69) is 77.7 Å². The van der Waals surface area contributed by atoms with Crippen molar-refractivity contribution in [2.24, 2.45) is 23.7 Å². The van der Waals surface area contributed by atoms with Crippen LogP contribution in [0.2, 0.25) is 0 Å². The number of ether oxygens (including phenoxy) is 5. The molecule has 5 N–H and O–H groups in total. The minimum atomic E-state index is -2.13. The summed E-state index contributed by atoms with van der Waals surface area (Å²) in [5.41, 5.74) is -4.54. The van der Waals surface area contributed by atoms with E-state index in [9.17, 15) is 35.1 Å². The molecule has 3 heterocycles. The molecule has 3 fully saturated rings. The van der Waals surface area contributed by atoms with Crippen LogP contribution in [0.5, 0.6) is 0 Å². The Labute approximate surface area is 480 Å². The lowest BCUT2D eigenvalue weighted by Crippen LogP contribution is -2.61. The lowest BCUT2D eigenvalue weighted by Gasteiger charge is -2.51. The zero-order chi connectivity index (χ0) is 58.9. The second-order valence-corrected chi connectivity index (χ2v) is 28.6. The number of methoxy groups -OCH3 is 1. The Hall–Kier alpha value is -3.41. The number of hydrogen-bond acceptors (Lipinski definition) is 14. The highest BCUT2D eigenvalue weighted by molar-refractivity contribution is 7.95. The van der Waals surface area contributed by atoms with E-state index in [1.165, 1.54) is 22.8 Å². The number of likely N-dealkylation sites (N-methyl/N-ethyl adjacent to an activating group) is 1. The Bertz CT molecular complexity index is 2270. The molecule has 18 atom stereocenters. The standard InChI is InChI=1S/C64H101N3O12P/c1-15-53-64(10,74)57(70)46(6)67(35-27-19-26-34-54(68)66(13)36-37-80(48-28-20-16-21-29-48,49-30-22-17-23-31-49)50-32-24-18-25-33-50)41-42(2)39-62(8,73)59(79-61-56(69)51(65(11)12)38-43(3)76-61)44(4)55(45(5)60(72)78-53)52-40-63(9,75-14)58(71)47(7)77-52/h16-18,20-25,28-33,42-47,51-53,55-59,61,69-71,73-74H,15,19,26-27,34-41H2,1-14H3/q+1/t42-,43-,44+,45-,46-,47+,51+,52?,53-,55+,56-,57-,58+,59-,61+,62-,63-,64-/m1/s1. The Kier molecular flexibility index (Phi) is 23.4. The van der Waals surface area contributed by atoms with Gasteiger partial charge in [-0.15, -0.1) is 0 Å². The number of carbonyl (C=O) groups excluding carboxylic acids is 2. The maximum atomic E-state index is 14.8. The number of unbranched alkanes of at least 4 members (excludes halogenated alkanes) is 2. The van der Waals surface area contributed by atoms with Gasteiger partial charge in [0.2, 0.25) is 5.91 Å². The number of cyclic esters (lactones) is 1. The van der Waals surface area contributed by atoms with Gasteiger partial charge in [0, 0.05) is 51.5 Å². The van der Waals surface area contributed by atoms with Gasteiger partial charge in [-0.3, -0.25) is 14.5 Å². The number of carbonyl (C=O) groups is 2. The maximum Gasteiger partial charge on any atom is 0.309 e. The van der Waals surface area contributed by atoms with Crippen molar-refractivity contribution < 1.29 is 58.8 Å². The second-order valence-electron chi connectivity index (χ2n) is 25.0. The molecule has 0 radical (unpaired) electrons. The predicted molar refractivity (Wildman–Crippen MR) is 318 cm³/mol. The van der Waals surface area contributed by atoms with Gasteiger partial charge in [-0.1, -0.05) is 88.7 Å². The van der Waals surface area contributed by atoms with Gasteiger partial charge in [-0.2, -0.15) is 0 Å². The first-order valence-electron chi connectivity index (χ1n) is 29.6. The van der Waals surface area contributed by atoms with Crippen molar-refractivity contribution in [3.05, 3.63) is 91.0 Å². The van der Waals surface area contributed by atoms with E-state index < -0.39 is 103 Å². The van der Waals surface area contributed by atoms with Gasteiger partial charge in [0.25, 0.3) is 0 Å². The van der Waals surface area contributed by atoms with Crippen LogP contribution < -0.4 is 15.9 Å². The Morgan fingerprint density at radius 1 is 0.787 bits per heavy atom. The Morgan fingerprint density at radius 3 is 1.88 bits per heavy atom. The zero-order valence-corrected chi connectivity index (χ0v) is 51.6. The lowest BCUT2D eigenvalue weighted by molar-refractivity contribution is -0.302. The van der Waals surface area contributed by atoms with Gasteiger partial charge >= 0.3 is 5.97 Å². The van der Waals surface area contributed by atoms with Crippen LogP contribution in [0.4, 0.5) is 0 Å². The number of aliphatic hydroxyl groups is 5. The van der Waals surface area contributed by atoms with Crippen LogP contribution in [-0.2, 0) is 33.3 Å². The van der Waals surface area contributed by atoms with E-state index >= 15 is 0 Å². The van der Waals surface area contributed by atoms with E-state index in [0.29, 0.717) is 45.3 Å². The van der Waals surface area contributed by atoms with Crippen LogP contribution in [0.15, 0.2) is 91.0 Å². The quantitative estimate of drug-likeness (QED) is 0.0523. The minimum Gasteiger partial charge on any atom is -0.459 e. The van der Waals surface area contributed by atoms with E-state index in [-0.39, 0.29) is 43.2 Å². The van der Waals surface area contributed by atoms with E-state index in [1.54, 1.807) is 27.9 Å². The third kappa shape index (κ3) is 15.1. The molecule has 6 rings (SSSR count). The van der Waals surface area contributed by atoms with E-state index in [4.69, 9.17) is 23.7 Å². The van der Waals surface area contributed by atoms with Crippen molar-refractivity contribution >= 4 is 35.1 Å². The molecular weight excluding hydrogens is 1030 g/mol. The summed E-state index contributed by atoms with van der Waals surface area (Å²) in [5.74, 6) is -3.10. The van der Waals surface area contributed by atoms with Crippen LogP contribution in [0.25, 0.3) is 0 Å². The normalized spacial score (nSPS) is 36.4. The summed E-state index contributed by atoms with van der Waals surface area (Å²) < 4.78 is 32.3. The molecule has 80 heavy (non-hydrogen) atoms. The fourth-order valence-electron chi connectivity index (χ4n) is 13.7. The summed E-state index contributed by atoms with van der Waals surface area (Å²) in [4.78, 5) is 34.8. The molecule has 0 spiro atoms. The number of rotatable bonds is 18. The molecule has 1 amide bonds. The first-order valence-corrected chi connectivity index (χ1v) is 31.6. The summed E-state index contributed by atoms with van der Waals surface area (Å²) in [6.45, 7) is 19.7. The van der Waals surface area contributed by atoms with Crippen molar-refractivity contribution in [3.63, 3.8) is 0 Å². The van der Waals surface area contributed by atoms with Crippen LogP contribution >= 0.6 is 7.26 Å². The SMILES string of the molecule is CC[C@H]1OC(=O)[C@H](C)[C@@H](C2C[C@@](C)(OC)[C@@H](O)[C@H](C)O2)[C@H](C)[C@@H](O[C@@H]2O[C@H](C)C[C@H](N(C)C)[C@H]2O)[C@](C)(O)C[C@@H](C)CN(CCCCCC(=O)N(C)CC[P+](c2ccccc2)(c2ccccc2)c2ccccc2)[C@H](C)[C@@H](O)[C@]1(C)O. The van der Waals surface area contributed by atoms with Gasteiger partial charge in [-0.05, 0) is 143 Å². The van der Waals surface area contributed by atoms with Gasteiger partial charge in [0.05, 0.1) is 54.2 Å². The molecule has 3 aromatic rings. The maximum absolute atomic E-state index is 14.8. The third-order valence-electron chi connectivity index (χ3n) is 18.5. The summed E-state index contributed by atoms with van der Waals surface area (Å²) in [6, 6.07) is 31.1. The smallest absolute Gasteiger partial charge is 0.309 e. The monoisotopic (exact) mass is 1130 g/mol. The number of esters is 1. The highest BCUT2D eigenvalue weighted by Crippen LogP contribution is 2.55. The summed E-state index contributed by atoms with van der Waals surface area (Å²) in [6.07, 6.45) is -3.97. The largest absolute Gasteiger partial charge is 0.459 e. The molecule has 3 aliphatic heterocycles. The Balaban J connectivity index is 1.25. The number of nitrogens with zero attached hydrogens (tertiary/aromatic N) is 3. The number of amides is 1. The first-order chi connectivity index (χ1) is 37.7. The molecule has 15 nitrogen and oxygen atoms in total. The topological polar surface area (TPSA) is 191 Å². The molecule has 0 aromatic heterocycles. The highest BCUT2D eigenvalue weighted by atomic mass is 31.2. The van der Waals surface area contributed by atoms with Crippen LogP contribution in [-0.4, -0.2) is 190 Å². The number of hydrogen-bond donors (Lipinski definition) is 5. The van der Waals surface area contributed by atoms with Crippen molar-refractivity contribution in [2.45, 2.75) is 205 Å². The number of aliphatic hydroxyl groups excluding tert-OH is 3. The molecule has 1 unspecified atom stereocenters. The molecule has 16 heteroatoms. The Morgan fingerprint density at radius 2 is 1.35 bits per heavy atom. The lowest BCUT2D eigenvalue weighted by atomic mass is 9.68. The van der Waals surface area contributed by atoms with Gasteiger partial charge < -0.3 is 59.0 Å². The molecule has 0 aliphatic carbocycles. The molecular formula is C64H101N3O12P+. The molecule has 3 saturated heterocycles. The molecule has 0 saturated carbocycles. The summed E-state index contributed by atoms with van der Waals surface area (Å²) in [5, 5.41) is 64.9. The zero-order valence-electron chi connectivity index (χ0n) is 50.7. The molecule has 3 aliphatic rings. The third-order valence-corrected chi connectivity index (χ3v) is 22.9. The second kappa shape index (κ2) is 28.4. The first kappa shape index (κ1) is 65.7. The van der Waals surface area contributed by atoms with Gasteiger partial charge in [0.1, 0.15) is 53.2 Å². The number of benzene rings is 3. The van der Waals surface area contributed by atoms with Gasteiger partial charge in [0.15, 0.2) is 6.29 Å². The fourth-order valence-corrected chi connectivity index (χ4v) is 18.0. The average molecular weight is 1140 g/mol. The molecule has 0 bridgehead atoms.